The smallest absolute Gasteiger partial charge is 0.219 e. The minimum Gasteiger partial charge on any atom is -0.490 e. The van der Waals surface area contributed by atoms with Gasteiger partial charge in [-0.25, -0.2) is 9.37 Å². The summed E-state index contributed by atoms with van der Waals surface area (Å²) in [5.41, 5.74) is 7.40. The van der Waals surface area contributed by atoms with Gasteiger partial charge < -0.3 is 20.5 Å². The van der Waals surface area contributed by atoms with Crippen LogP contribution in [-0.4, -0.2) is 18.1 Å². The normalized spacial score (nSPS) is 12.7. The third kappa shape index (κ3) is 3.06. The summed E-state index contributed by atoms with van der Waals surface area (Å²) < 4.78 is 25.6. The molecule has 6 heteroatoms. The molecule has 0 aliphatic carbocycles. The second-order valence-electron chi connectivity index (χ2n) is 5.61. The van der Waals surface area contributed by atoms with Crippen LogP contribution >= 0.6 is 0 Å². The van der Waals surface area contributed by atoms with E-state index in [2.05, 4.69) is 10.3 Å². The summed E-state index contributed by atoms with van der Waals surface area (Å²) in [4.78, 5) is 4.38. The van der Waals surface area contributed by atoms with E-state index in [4.69, 9.17) is 15.2 Å². The fourth-order valence-corrected chi connectivity index (χ4v) is 2.67. The number of nitrogens with one attached hydrogen (secondary N) is 1. The number of ether oxygens (including phenoxy) is 2. The molecule has 0 atom stereocenters. The summed E-state index contributed by atoms with van der Waals surface area (Å²) in [6.45, 7) is 1.39. The van der Waals surface area contributed by atoms with Crippen molar-refractivity contribution in [1.82, 2.24) is 4.98 Å². The maximum Gasteiger partial charge on any atom is 0.219 e. The SMILES string of the molecule is Nc1cccc(-c2cccc(Oc3ccc4c(c3)NCCO4)n2)c1F. The first kappa shape index (κ1) is 15.3. The number of nitrogens with zero attached hydrogens (tertiary/aromatic N) is 1. The molecular weight excluding hydrogens is 321 g/mol. The van der Waals surface area contributed by atoms with Gasteiger partial charge in [-0.05, 0) is 30.3 Å². The van der Waals surface area contributed by atoms with Crippen molar-refractivity contribution in [3.05, 3.63) is 60.4 Å². The predicted molar refractivity (Wildman–Crippen MR) is 94.5 cm³/mol. The van der Waals surface area contributed by atoms with Crippen molar-refractivity contribution in [3.8, 4) is 28.6 Å². The van der Waals surface area contributed by atoms with E-state index in [0.29, 0.717) is 29.5 Å². The van der Waals surface area contributed by atoms with Gasteiger partial charge in [-0.3, -0.25) is 0 Å². The third-order valence-corrected chi connectivity index (χ3v) is 3.88. The number of aromatic nitrogens is 1. The number of anilines is 2. The Balaban J connectivity index is 1.63. The number of fused-ring (bicyclic) bond motifs is 1. The van der Waals surface area contributed by atoms with Crippen LogP contribution in [0.3, 0.4) is 0 Å². The molecule has 5 nitrogen and oxygen atoms in total. The molecule has 0 saturated heterocycles. The molecule has 0 saturated carbocycles. The molecule has 25 heavy (non-hydrogen) atoms. The van der Waals surface area contributed by atoms with Gasteiger partial charge in [0.15, 0.2) is 5.82 Å². The number of hydrogen-bond donors (Lipinski definition) is 2. The molecule has 0 spiro atoms. The molecule has 0 unspecified atom stereocenters. The summed E-state index contributed by atoms with van der Waals surface area (Å²) in [7, 11) is 0. The highest BCUT2D eigenvalue weighted by Crippen LogP contribution is 2.33. The van der Waals surface area contributed by atoms with Crippen LogP contribution in [0.4, 0.5) is 15.8 Å². The summed E-state index contributed by atoms with van der Waals surface area (Å²) in [5.74, 6) is 1.30. The lowest BCUT2D eigenvalue weighted by Crippen LogP contribution is -2.17. The van der Waals surface area contributed by atoms with Crippen molar-refractivity contribution in [2.75, 3.05) is 24.2 Å². The summed E-state index contributed by atoms with van der Waals surface area (Å²) in [5, 5.41) is 3.25. The van der Waals surface area contributed by atoms with Crippen LogP contribution in [0.2, 0.25) is 0 Å². The number of rotatable bonds is 3. The van der Waals surface area contributed by atoms with Gasteiger partial charge in [0.05, 0.1) is 17.1 Å². The fraction of sp³-hybridized carbons (Fsp3) is 0.105. The molecule has 2 aromatic carbocycles. The second-order valence-corrected chi connectivity index (χ2v) is 5.61. The van der Waals surface area contributed by atoms with Crippen LogP contribution in [0.1, 0.15) is 0 Å². The molecular formula is C19H16FN3O2. The van der Waals surface area contributed by atoms with Gasteiger partial charge in [-0.15, -0.1) is 0 Å². The first-order chi connectivity index (χ1) is 12.2. The maximum absolute atomic E-state index is 14.2. The first-order valence-corrected chi connectivity index (χ1v) is 7.91. The standard InChI is InChI=1S/C19H16FN3O2/c20-19-13(3-1-4-14(19)21)15-5-2-6-18(23-15)25-12-7-8-17-16(11-12)22-9-10-24-17/h1-8,11,22H,9-10,21H2. The number of nitrogen functional groups attached to an aromatic ring is 1. The van der Waals surface area contributed by atoms with Crippen LogP contribution in [0.5, 0.6) is 17.4 Å². The quantitative estimate of drug-likeness (QED) is 0.705. The lowest BCUT2D eigenvalue weighted by molar-refractivity contribution is 0.322. The van der Waals surface area contributed by atoms with Gasteiger partial charge in [0, 0.05) is 24.2 Å². The molecule has 0 fully saturated rings. The highest BCUT2D eigenvalue weighted by molar-refractivity contribution is 5.66. The average molecular weight is 337 g/mol. The van der Waals surface area contributed by atoms with E-state index in [0.717, 1.165) is 18.0 Å². The molecule has 0 radical (unpaired) electrons. The Morgan fingerprint density at radius 3 is 2.92 bits per heavy atom. The van der Waals surface area contributed by atoms with E-state index in [1.54, 1.807) is 36.4 Å². The van der Waals surface area contributed by atoms with E-state index in [1.165, 1.54) is 6.07 Å². The van der Waals surface area contributed by atoms with E-state index in [-0.39, 0.29) is 5.69 Å². The Morgan fingerprint density at radius 2 is 2.00 bits per heavy atom. The lowest BCUT2D eigenvalue weighted by Gasteiger charge is -2.19. The summed E-state index contributed by atoms with van der Waals surface area (Å²) in [6.07, 6.45) is 0. The monoisotopic (exact) mass is 337 g/mol. The fourth-order valence-electron chi connectivity index (χ4n) is 2.67. The van der Waals surface area contributed by atoms with Gasteiger partial charge in [0.1, 0.15) is 18.1 Å². The minimum atomic E-state index is -0.484. The zero-order chi connectivity index (χ0) is 17.2. The zero-order valence-corrected chi connectivity index (χ0v) is 13.3. The Hall–Kier alpha value is -3.28. The molecule has 0 bridgehead atoms. The molecule has 4 rings (SSSR count). The number of benzene rings is 2. The van der Waals surface area contributed by atoms with Crippen LogP contribution < -0.4 is 20.5 Å². The Labute approximate surface area is 144 Å². The van der Waals surface area contributed by atoms with Gasteiger partial charge in [-0.2, -0.15) is 0 Å². The number of hydrogen-bond acceptors (Lipinski definition) is 5. The van der Waals surface area contributed by atoms with Gasteiger partial charge in [0.25, 0.3) is 0 Å². The van der Waals surface area contributed by atoms with Crippen molar-refractivity contribution >= 4 is 11.4 Å². The van der Waals surface area contributed by atoms with Gasteiger partial charge in [0.2, 0.25) is 5.88 Å². The topological polar surface area (TPSA) is 69.4 Å². The van der Waals surface area contributed by atoms with E-state index in [9.17, 15) is 4.39 Å². The molecule has 126 valence electrons. The largest absolute Gasteiger partial charge is 0.490 e. The van der Waals surface area contributed by atoms with E-state index >= 15 is 0 Å². The van der Waals surface area contributed by atoms with Crippen molar-refractivity contribution in [1.29, 1.82) is 0 Å². The van der Waals surface area contributed by atoms with Crippen LogP contribution in [0.15, 0.2) is 54.6 Å². The summed E-state index contributed by atoms with van der Waals surface area (Å²) >= 11 is 0. The molecule has 0 amide bonds. The van der Waals surface area contributed by atoms with E-state index in [1.807, 2.05) is 12.1 Å². The Morgan fingerprint density at radius 1 is 1.12 bits per heavy atom. The highest BCUT2D eigenvalue weighted by atomic mass is 19.1. The van der Waals surface area contributed by atoms with Crippen molar-refractivity contribution in [2.24, 2.45) is 0 Å². The van der Waals surface area contributed by atoms with Crippen molar-refractivity contribution in [3.63, 3.8) is 0 Å². The Kier molecular flexibility index (Phi) is 3.85. The van der Waals surface area contributed by atoms with Crippen molar-refractivity contribution in [2.45, 2.75) is 0 Å². The van der Waals surface area contributed by atoms with Crippen LogP contribution in [0, 0.1) is 5.82 Å². The third-order valence-electron chi connectivity index (χ3n) is 3.88. The molecule has 2 heterocycles. The molecule has 3 N–H and O–H groups in total. The minimum absolute atomic E-state index is 0.0892. The van der Waals surface area contributed by atoms with E-state index < -0.39 is 5.82 Å². The number of pyridine rings is 1. The molecule has 1 aromatic heterocycles. The lowest BCUT2D eigenvalue weighted by atomic mass is 10.1. The number of nitrogens with two attached hydrogens (primary N) is 1. The number of halogens is 1. The molecule has 3 aromatic rings. The maximum atomic E-state index is 14.2. The van der Waals surface area contributed by atoms with Gasteiger partial charge >= 0.3 is 0 Å². The zero-order valence-electron chi connectivity index (χ0n) is 13.3. The molecule has 1 aliphatic rings. The highest BCUT2D eigenvalue weighted by Gasteiger charge is 2.13. The van der Waals surface area contributed by atoms with Crippen molar-refractivity contribution < 1.29 is 13.9 Å². The van der Waals surface area contributed by atoms with Crippen LogP contribution in [-0.2, 0) is 0 Å². The molecule has 1 aliphatic heterocycles. The first-order valence-electron chi connectivity index (χ1n) is 7.91. The second kappa shape index (κ2) is 6.32. The average Bonchev–Trinajstić information content (AvgIpc) is 2.64. The predicted octanol–water partition coefficient (Wildman–Crippen LogP) is 4.07. The van der Waals surface area contributed by atoms with Crippen LogP contribution in [0.25, 0.3) is 11.3 Å². The summed E-state index contributed by atoms with van der Waals surface area (Å²) in [6, 6.07) is 15.5. The van der Waals surface area contributed by atoms with Gasteiger partial charge in [-0.1, -0.05) is 12.1 Å². The Bertz CT molecular complexity index is 930.